The van der Waals surface area contributed by atoms with Gasteiger partial charge in [0.05, 0.1) is 12.2 Å². The fourth-order valence-corrected chi connectivity index (χ4v) is 1.55. The number of esters is 1. The van der Waals surface area contributed by atoms with Crippen molar-refractivity contribution in [2.75, 3.05) is 6.61 Å². The number of aryl methyl sites for hydroxylation is 1. The molecule has 0 radical (unpaired) electrons. The van der Waals surface area contributed by atoms with Gasteiger partial charge in [0.1, 0.15) is 11.5 Å². The third kappa shape index (κ3) is 6.31. The largest absolute Gasteiger partial charge is 0.508 e. The van der Waals surface area contributed by atoms with Crippen molar-refractivity contribution in [3.05, 3.63) is 59.7 Å². The number of carbonyl (C=O) groups is 1. The molecule has 2 N–H and O–H groups in total. The van der Waals surface area contributed by atoms with Crippen LogP contribution in [0.25, 0.3) is 0 Å². The minimum Gasteiger partial charge on any atom is -0.508 e. The molecule has 0 saturated heterocycles. The van der Waals surface area contributed by atoms with Crippen LogP contribution in [-0.4, -0.2) is 22.8 Å². The molecular formula is C18H22O4. The Hall–Kier alpha value is -2.49. The second-order valence-electron chi connectivity index (χ2n) is 4.82. The molecule has 0 aliphatic carbocycles. The zero-order chi connectivity index (χ0) is 16.4. The lowest BCUT2D eigenvalue weighted by Gasteiger charge is -2.03. The average molecular weight is 302 g/mol. The van der Waals surface area contributed by atoms with Crippen LogP contribution in [0.4, 0.5) is 0 Å². The summed E-state index contributed by atoms with van der Waals surface area (Å²) in [5.74, 6) is 0.182. The van der Waals surface area contributed by atoms with Gasteiger partial charge in [0.25, 0.3) is 0 Å². The van der Waals surface area contributed by atoms with E-state index in [1.54, 1.807) is 18.2 Å². The van der Waals surface area contributed by atoms with Crippen molar-refractivity contribution in [3.63, 3.8) is 0 Å². The first-order valence-corrected chi connectivity index (χ1v) is 7.25. The maximum atomic E-state index is 11.3. The van der Waals surface area contributed by atoms with E-state index >= 15 is 0 Å². The molecule has 0 spiro atoms. The van der Waals surface area contributed by atoms with E-state index in [0.29, 0.717) is 17.9 Å². The smallest absolute Gasteiger partial charge is 0.338 e. The number of aromatic hydroxyl groups is 2. The number of hydrogen-bond acceptors (Lipinski definition) is 4. The summed E-state index contributed by atoms with van der Waals surface area (Å²) in [4.78, 5) is 11.3. The van der Waals surface area contributed by atoms with Crippen LogP contribution >= 0.6 is 0 Å². The van der Waals surface area contributed by atoms with Gasteiger partial charge in [0.2, 0.25) is 0 Å². The number of hydrogen-bond donors (Lipinski definition) is 2. The van der Waals surface area contributed by atoms with Gasteiger partial charge in [-0.05, 0) is 49.2 Å². The summed E-state index contributed by atoms with van der Waals surface area (Å²) in [6.45, 7) is 4.36. The first kappa shape index (κ1) is 17.6. The second kappa shape index (κ2) is 9.45. The molecule has 2 rings (SSSR count). The lowest BCUT2D eigenvalue weighted by atomic mass is 10.2. The summed E-state index contributed by atoms with van der Waals surface area (Å²) < 4.78 is 4.99. The van der Waals surface area contributed by atoms with Gasteiger partial charge in [-0.25, -0.2) is 4.79 Å². The zero-order valence-electron chi connectivity index (χ0n) is 13.0. The summed E-state index contributed by atoms with van der Waals surface area (Å²) in [5.41, 5.74) is 1.39. The predicted molar refractivity (Wildman–Crippen MR) is 86.1 cm³/mol. The molecule has 4 nitrogen and oxygen atoms in total. The highest BCUT2D eigenvalue weighted by molar-refractivity contribution is 5.89. The number of carbonyl (C=O) groups excluding carboxylic acids is 1. The van der Waals surface area contributed by atoms with Crippen LogP contribution in [0, 0.1) is 6.92 Å². The molecule has 0 aliphatic heterocycles. The third-order valence-electron chi connectivity index (χ3n) is 2.95. The Morgan fingerprint density at radius 3 is 2.18 bits per heavy atom. The van der Waals surface area contributed by atoms with E-state index in [2.05, 4.69) is 0 Å². The molecule has 22 heavy (non-hydrogen) atoms. The van der Waals surface area contributed by atoms with Crippen molar-refractivity contribution in [3.8, 4) is 11.5 Å². The molecule has 0 unspecified atom stereocenters. The number of phenolic OH excluding ortho intramolecular Hbond substituents is 2. The van der Waals surface area contributed by atoms with Crippen LogP contribution in [-0.2, 0) is 4.74 Å². The van der Waals surface area contributed by atoms with Gasteiger partial charge < -0.3 is 14.9 Å². The molecule has 0 saturated carbocycles. The molecule has 118 valence electrons. The van der Waals surface area contributed by atoms with Gasteiger partial charge in [-0.15, -0.1) is 0 Å². The minimum atomic E-state index is -0.335. The third-order valence-corrected chi connectivity index (χ3v) is 2.95. The van der Waals surface area contributed by atoms with Crippen molar-refractivity contribution in [2.24, 2.45) is 0 Å². The van der Waals surface area contributed by atoms with Gasteiger partial charge in [0.15, 0.2) is 0 Å². The summed E-state index contributed by atoms with van der Waals surface area (Å²) in [7, 11) is 0. The van der Waals surface area contributed by atoms with E-state index < -0.39 is 0 Å². The molecule has 0 bridgehead atoms. The highest BCUT2D eigenvalue weighted by Gasteiger charge is 2.05. The highest BCUT2D eigenvalue weighted by Crippen LogP contribution is 2.12. The number of phenols is 2. The maximum Gasteiger partial charge on any atom is 0.338 e. The Balaban J connectivity index is 0.000000255. The fraction of sp³-hybridized carbons (Fsp3) is 0.278. The molecule has 4 heteroatoms. The topological polar surface area (TPSA) is 66.8 Å². The maximum absolute atomic E-state index is 11.3. The lowest BCUT2D eigenvalue weighted by Crippen LogP contribution is -2.05. The Kier molecular flexibility index (Phi) is 7.54. The molecule has 0 atom stereocenters. The molecule has 0 aromatic heterocycles. The number of unbranched alkanes of at least 4 members (excludes halogenated alkanes) is 1. The van der Waals surface area contributed by atoms with E-state index in [4.69, 9.17) is 14.9 Å². The molecule has 2 aromatic carbocycles. The summed E-state index contributed by atoms with van der Waals surface area (Å²) in [5, 5.41) is 17.9. The molecule has 0 heterocycles. The fourth-order valence-electron chi connectivity index (χ4n) is 1.55. The van der Waals surface area contributed by atoms with E-state index in [0.717, 1.165) is 18.4 Å². The number of rotatable bonds is 4. The predicted octanol–water partition coefficient (Wildman–Crippen LogP) is 4.05. The van der Waals surface area contributed by atoms with E-state index in [1.807, 2.05) is 32.0 Å². The Bertz CT molecular complexity index is 555. The number of ether oxygens (including phenoxy) is 1. The monoisotopic (exact) mass is 302 g/mol. The highest BCUT2D eigenvalue weighted by atomic mass is 16.5. The first-order valence-electron chi connectivity index (χ1n) is 7.25. The Morgan fingerprint density at radius 2 is 1.68 bits per heavy atom. The summed E-state index contributed by atoms with van der Waals surface area (Å²) in [6, 6.07) is 13.3. The van der Waals surface area contributed by atoms with Crippen LogP contribution in [0.1, 0.15) is 35.7 Å². The van der Waals surface area contributed by atoms with Crippen LogP contribution in [0.3, 0.4) is 0 Å². The van der Waals surface area contributed by atoms with Crippen molar-refractivity contribution < 1.29 is 19.7 Å². The van der Waals surface area contributed by atoms with Crippen LogP contribution in [0.15, 0.2) is 48.5 Å². The summed E-state index contributed by atoms with van der Waals surface area (Å²) in [6.07, 6.45) is 1.88. The normalized spacial score (nSPS) is 9.55. The average Bonchev–Trinajstić information content (AvgIpc) is 2.52. The summed E-state index contributed by atoms with van der Waals surface area (Å²) >= 11 is 0. The molecule has 0 fully saturated rings. The molecule has 0 amide bonds. The van der Waals surface area contributed by atoms with Crippen LogP contribution in [0.2, 0.25) is 0 Å². The van der Waals surface area contributed by atoms with Crippen molar-refractivity contribution in [2.45, 2.75) is 26.7 Å². The Labute approximate surface area is 131 Å². The SMILES string of the molecule is CCCCOC(=O)c1ccc(O)cc1.Cc1ccccc1O. The second-order valence-corrected chi connectivity index (χ2v) is 4.82. The van der Waals surface area contributed by atoms with Gasteiger partial charge in [-0.2, -0.15) is 0 Å². The van der Waals surface area contributed by atoms with Crippen LogP contribution < -0.4 is 0 Å². The lowest BCUT2D eigenvalue weighted by molar-refractivity contribution is 0.0499. The first-order chi connectivity index (χ1) is 10.5. The molecule has 2 aromatic rings. The standard InChI is InChI=1S/C11H14O3.C7H8O/c1-2-3-8-14-11(13)9-4-6-10(12)7-5-9;1-6-4-2-3-5-7(6)8/h4-7,12H,2-3,8H2,1H3;2-5,8H,1H3. The van der Waals surface area contributed by atoms with Crippen molar-refractivity contribution in [1.82, 2.24) is 0 Å². The van der Waals surface area contributed by atoms with Crippen molar-refractivity contribution >= 4 is 5.97 Å². The number of benzene rings is 2. The Morgan fingerprint density at radius 1 is 1.05 bits per heavy atom. The van der Waals surface area contributed by atoms with Crippen LogP contribution in [0.5, 0.6) is 11.5 Å². The van der Waals surface area contributed by atoms with Crippen molar-refractivity contribution in [1.29, 1.82) is 0 Å². The van der Waals surface area contributed by atoms with E-state index in [1.165, 1.54) is 12.1 Å². The number of para-hydroxylation sites is 1. The van der Waals surface area contributed by atoms with Gasteiger partial charge >= 0.3 is 5.97 Å². The molecular weight excluding hydrogens is 280 g/mol. The van der Waals surface area contributed by atoms with Gasteiger partial charge in [-0.1, -0.05) is 31.5 Å². The van der Waals surface area contributed by atoms with Gasteiger partial charge in [-0.3, -0.25) is 0 Å². The minimum absolute atomic E-state index is 0.148. The molecule has 0 aliphatic rings. The van der Waals surface area contributed by atoms with Gasteiger partial charge in [0, 0.05) is 0 Å². The quantitative estimate of drug-likeness (QED) is 0.660. The zero-order valence-corrected chi connectivity index (χ0v) is 13.0. The van der Waals surface area contributed by atoms with E-state index in [-0.39, 0.29) is 11.7 Å². The van der Waals surface area contributed by atoms with E-state index in [9.17, 15) is 4.79 Å².